The van der Waals surface area contributed by atoms with Gasteiger partial charge in [0.1, 0.15) is 5.75 Å². The van der Waals surface area contributed by atoms with Gasteiger partial charge in [0.25, 0.3) is 0 Å². The van der Waals surface area contributed by atoms with Gasteiger partial charge < -0.3 is 15.8 Å². The predicted molar refractivity (Wildman–Crippen MR) is 66.1 cm³/mol. The maximum atomic E-state index is 5.53. The van der Waals surface area contributed by atoms with E-state index in [1.807, 2.05) is 18.2 Å². The molecule has 0 heterocycles. The van der Waals surface area contributed by atoms with Crippen LogP contribution in [0.1, 0.15) is 12.5 Å². The molecule has 0 fully saturated rings. The third-order valence-corrected chi connectivity index (χ3v) is 2.74. The first-order chi connectivity index (χ1) is 7.17. The lowest BCUT2D eigenvalue weighted by Crippen LogP contribution is -2.32. The molecule has 0 aliphatic rings. The zero-order chi connectivity index (χ0) is 11.3. The lowest BCUT2D eigenvalue weighted by atomic mass is 10.2. The molecule has 84 valence electrons. The van der Waals surface area contributed by atoms with E-state index in [4.69, 9.17) is 10.5 Å². The van der Waals surface area contributed by atoms with Crippen LogP contribution in [-0.2, 0) is 6.54 Å². The smallest absolute Gasteiger partial charge is 0.124 e. The summed E-state index contributed by atoms with van der Waals surface area (Å²) in [6.07, 6.45) is 0. The average Bonchev–Trinajstić information content (AvgIpc) is 2.26. The number of ether oxygens (including phenoxy) is 1. The fraction of sp³-hybridized carbons (Fsp3) is 0.455. The van der Waals surface area contributed by atoms with Crippen molar-refractivity contribution in [1.29, 1.82) is 0 Å². The maximum Gasteiger partial charge on any atom is 0.124 e. The van der Waals surface area contributed by atoms with E-state index in [0.29, 0.717) is 12.6 Å². The molecular weight excluding hydrogens is 256 g/mol. The van der Waals surface area contributed by atoms with Crippen LogP contribution >= 0.6 is 15.9 Å². The van der Waals surface area contributed by atoms with Crippen molar-refractivity contribution in [1.82, 2.24) is 5.32 Å². The average molecular weight is 273 g/mol. The number of hydrogen-bond acceptors (Lipinski definition) is 3. The van der Waals surface area contributed by atoms with E-state index in [1.165, 1.54) is 0 Å². The molecule has 1 rings (SSSR count). The minimum Gasteiger partial charge on any atom is -0.496 e. The van der Waals surface area contributed by atoms with Crippen molar-refractivity contribution >= 4 is 15.9 Å². The molecule has 3 nitrogen and oxygen atoms in total. The van der Waals surface area contributed by atoms with Crippen molar-refractivity contribution < 1.29 is 4.74 Å². The van der Waals surface area contributed by atoms with Gasteiger partial charge in [-0.05, 0) is 19.1 Å². The summed E-state index contributed by atoms with van der Waals surface area (Å²) in [4.78, 5) is 0. The molecular formula is C11H17BrN2O. The molecule has 3 N–H and O–H groups in total. The zero-order valence-corrected chi connectivity index (χ0v) is 10.7. The normalized spacial score (nSPS) is 12.5. The second-order valence-corrected chi connectivity index (χ2v) is 4.39. The van der Waals surface area contributed by atoms with Crippen molar-refractivity contribution in [2.75, 3.05) is 13.7 Å². The van der Waals surface area contributed by atoms with Gasteiger partial charge in [-0.15, -0.1) is 0 Å². The number of nitrogens with two attached hydrogens (primary N) is 1. The number of rotatable bonds is 5. The van der Waals surface area contributed by atoms with Gasteiger partial charge in [0.15, 0.2) is 0 Å². The van der Waals surface area contributed by atoms with E-state index in [0.717, 1.165) is 22.3 Å². The molecule has 15 heavy (non-hydrogen) atoms. The Bertz CT molecular complexity index is 317. The van der Waals surface area contributed by atoms with E-state index in [1.54, 1.807) is 7.11 Å². The standard InChI is InChI=1S/C11H17BrN2O/c1-8(6-13)14-7-9-3-4-10(12)5-11(9)15-2/h3-5,8,14H,6-7,13H2,1-2H3/t8-/m1/s1. The van der Waals surface area contributed by atoms with Gasteiger partial charge in [-0.3, -0.25) is 0 Å². The second-order valence-electron chi connectivity index (χ2n) is 3.47. The van der Waals surface area contributed by atoms with Gasteiger partial charge in [0.2, 0.25) is 0 Å². The van der Waals surface area contributed by atoms with Crippen molar-refractivity contribution in [3.63, 3.8) is 0 Å². The first-order valence-corrected chi connectivity index (χ1v) is 5.72. The monoisotopic (exact) mass is 272 g/mol. The highest BCUT2D eigenvalue weighted by molar-refractivity contribution is 9.10. The zero-order valence-electron chi connectivity index (χ0n) is 9.09. The van der Waals surface area contributed by atoms with Gasteiger partial charge in [-0.2, -0.15) is 0 Å². The Morgan fingerprint density at radius 2 is 2.27 bits per heavy atom. The van der Waals surface area contributed by atoms with E-state index in [9.17, 15) is 0 Å². The van der Waals surface area contributed by atoms with Crippen LogP contribution in [0.5, 0.6) is 5.75 Å². The van der Waals surface area contributed by atoms with Crippen molar-refractivity contribution in [2.24, 2.45) is 5.73 Å². The quantitative estimate of drug-likeness (QED) is 0.861. The van der Waals surface area contributed by atoms with Gasteiger partial charge in [0.05, 0.1) is 7.11 Å². The van der Waals surface area contributed by atoms with Crippen LogP contribution in [0.25, 0.3) is 0 Å². The lowest BCUT2D eigenvalue weighted by Gasteiger charge is -2.13. The molecule has 0 spiro atoms. The number of nitrogens with one attached hydrogen (secondary N) is 1. The van der Waals surface area contributed by atoms with Crippen molar-refractivity contribution in [3.8, 4) is 5.75 Å². The van der Waals surface area contributed by atoms with Gasteiger partial charge in [-0.1, -0.05) is 22.0 Å². The van der Waals surface area contributed by atoms with Crippen LogP contribution in [0.2, 0.25) is 0 Å². The Hall–Kier alpha value is -0.580. The van der Waals surface area contributed by atoms with Gasteiger partial charge in [-0.25, -0.2) is 0 Å². The molecule has 0 saturated carbocycles. The van der Waals surface area contributed by atoms with E-state index >= 15 is 0 Å². The Balaban J connectivity index is 2.67. The van der Waals surface area contributed by atoms with E-state index < -0.39 is 0 Å². The van der Waals surface area contributed by atoms with Gasteiger partial charge in [0, 0.05) is 29.2 Å². The SMILES string of the molecule is COc1cc(Br)ccc1CN[C@H](C)CN. The first-order valence-electron chi connectivity index (χ1n) is 4.93. The summed E-state index contributed by atoms with van der Waals surface area (Å²) in [5, 5.41) is 3.32. The third kappa shape index (κ3) is 3.81. The van der Waals surface area contributed by atoms with Crippen LogP contribution in [0, 0.1) is 0 Å². The molecule has 0 aliphatic carbocycles. The summed E-state index contributed by atoms with van der Waals surface area (Å²) in [5.41, 5.74) is 6.67. The molecule has 1 aromatic carbocycles. The van der Waals surface area contributed by atoms with Crippen LogP contribution in [-0.4, -0.2) is 19.7 Å². The highest BCUT2D eigenvalue weighted by Gasteiger charge is 2.04. The maximum absolute atomic E-state index is 5.53. The van der Waals surface area contributed by atoms with E-state index in [2.05, 4.69) is 28.2 Å². The molecule has 0 radical (unpaired) electrons. The Morgan fingerprint density at radius 3 is 2.87 bits per heavy atom. The molecule has 0 aromatic heterocycles. The number of methoxy groups -OCH3 is 1. The fourth-order valence-corrected chi connectivity index (χ4v) is 1.57. The summed E-state index contributed by atoms with van der Waals surface area (Å²) < 4.78 is 6.31. The minimum atomic E-state index is 0.318. The number of benzene rings is 1. The number of hydrogen-bond donors (Lipinski definition) is 2. The highest BCUT2D eigenvalue weighted by atomic mass is 79.9. The molecule has 0 aliphatic heterocycles. The Morgan fingerprint density at radius 1 is 1.53 bits per heavy atom. The van der Waals surface area contributed by atoms with Crippen LogP contribution < -0.4 is 15.8 Å². The summed E-state index contributed by atoms with van der Waals surface area (Å²) in [5.74, 6) is 0.890. The second kappa shape index (κ2) is 6.10. The molecule has 1 aromatic rings. The molecule has 0 bridgehead atoms. The lowest BCUT2D eigenvalue weighted by molar-refractivity contribution is 0.405. The first kappa shape index (κ1) is 12.5. The minimum absolute atomic E-state index is 0.318. The van der Waals surface area contributed by atoms with Crippen molar-refractivity contribution in [2.45, 2.75) is 19.5 Å². The molecule has 1 atom stereocenters. The van der Waals surface area contributed by atoms with Crippen LogP contribution in [0.3, 0.4) is 0 Å². The molecule has 0 saturated heterocycles. The summed E-state index contributed by atoms with van der Waals surface area (Å²) in [6, 6.07) is 6.33. The predicted octanol–water partition coefficient (Wildman–Crippen LogP) is 1.89. The van der Waals surface area contributed by atoms with Crippen LogP contribution in [0.15, 0.2) is 22.7 Å². The fourth-order valence-electron chi connectivity index (χ4n) is 1.23. The largest absolute Gasteiger partial charge is 0.496 e. The molecule has 0 unspecified atom stereocenters. The summed E-state index contributed by atoms with van der Waals surface area (Å²) in [7, 11) is 1.68. The Labute approximate surface area is 99.1 Å². The highest BCUT2D eigenvalue weighted by Crippen LogP contribution is 2.23. The van der Waals surface area contributed by atoms with Crippen LogP contribution in [0.4, 0.5) is 0 Å². The molecule has 4 heteroatoms. The molecule has 0 amide bonds. The topological polar surface area (TPSA) is 47.3 Å². The summed E-state index contributed by atoms with van der Waals surface area (Å²) in [6.45, 7) is 3.47. The summed E-state index contributed by atoms with van der Waals surface area (Å²) >= 11 is 3.41. The van der Waals surface area contributed by atoms with Gasteiger partial charge >= 0.3 is 0 Å². The van der Waals surface area contributed by atoms with Crippen molar-refractivity contribution in [3.05, 3.63) is 28.2 Å². The number of halogens is 1. The Kier molecular flexibility index (Phi) is 5.08. The van der Waals surface area contributed by atoms with E-state index in [-0.39, 0.29) is 0 Å². The third-order valence-electron chi connectivity index (χ3n) is 2.24.